The van der Waals surface area contributed by atoms with Crippen molar-refractivity contribution in [3.05, 3.63) is 46.7 Å². The Kier molecular flexibility index (Phi) is 5.12. The highest BCUT2D eigenvalue weighted by Crippen LogP contribution is 2.34. The first kappa shape index (κ1) is 19.9. The largest absolute Gasteiger partial charge is 0.420 e. The molecule has 0 amide bonds. The summed E-state index contributed by atoms with van der Waals surface area (Å²) < 4.78 is 37.2. The summed E-state index contributed by atoms with van der Waals surface area (Å²) >= 11 is 0. The zero-order valence-corrected chi connectivity index (χ0v) is 17.7. The van der Waals surface area contributed by atoms with E-state index < -0.39 is 15.8 Å². The first-order chi connectivity index (χ1) is 13.8. The van der Waals surface area contributed by atoms with Gasteiger partial charge in [-0.15, -0.1) is 0 Å². The Morgan fingerprint density at radius 2 is 1.97 bits per heavy atom. The van der Waals surface area contributed by atoms with Gasteiger partial charge in [-0.2, -0.15) is 9.40 Å². The highest BCUT2D eigenvalue weighted by molar-refractivity contribution is 7.89. The van der Waals surface area contributed by atoms with Crippen LogP contribution in [0.15, 0.2) is 44.6 Å². The molecule has 0 spiro atoms. The Morgan fingerprint density at radius 1 is 1.17 bits per heavy atom. The molecule has 3 heterocycles. The molecule has 2 aromatic heterocycles. The number of rotatable bonds is 4. The highest BCUT2D eigenvalue weighted by Gasteiger charge is 2.35. The molecule has 0 saturated carbocycles. The van der Waals surface area contributed by atoms with Crippen LogP contribution in [0.1, 0.15) is 57.3 Å². The van der Waals surface area contributed by atoms with Crippen LogP contribution in [-0.2, 0) is 17.1 Å². The van der Waals surface area contributed by atoms with Gasteiger partial charge < -0.3 is 4.42 Å². The Balaban J connectivity index is 1.78. The van der Waals surface area contributed by atoms with E-state index in [4.69, 9.17) is 4.42 Å². The van der Waals surface area contributed by atoms with Gasteiger partial charge in [-0.1, -0.05) is 12.8 Å². The molecule has 0 radical (unpaired) electrons. The van der Waals surface area contributed by atoms with Crippen molar-refractivity contribution in [3.8, 4) is 0 Å². The number of oxazole rings is 1. The summed E-state index contributed by atoms with van der Waals surface area (Å²) in [5.41, 5.74) is 1.65. The SMILES string of the molecule is CC(C)n1c(=O)oc2cc(S(=O)(=O)N3CCCCCC3c3ccn(C)n3)ccc21. The number of hydrogen-bond donors (Lipinski definition) is 0. The number of aryl methyl sites for hydroxylation is 1. The van der Waals surface area contributed by atoms with Crippen LogP contribution in [0.4, 0.5) is 0 Å². The lowest BCUT2D eigenvalue weighted by Gasteiger charge is -2.28. The molecule has 0 aliphatic carbocycles. The fraction of sp³-hybridized carbons (Fsp3) is 0.500. The monoisotopic (exact) mass is 418 g/mol. The van der Waals surface area contributed by atoms with E-state index in [1.807, 2.05) is 33.2 Å². The van der Waals surface area contributed by atoms with Crippen molar-refractivity contribution in [2.24, 2.45) is 7.05 Å². The molecule has 4 rings (SSSR count). The normalized spacial score (nSPS) is 19.1. The molecule has 3 aromatic rings. The van der Waals surface area contributed by atoms with Gasteiger partial charge in [-0.25, -0.2) is 13.2 Å². The van der Waals surface area contributed by atoms with Crippen molar-refractivity contribution in [3.63, 3.8) is 0 Å². The minimum absolute atomic E-state index is 0.0784. The van der Waals surface area contributed by atoms with Gasteiger partial charge in [0.25, 0.3) is 0 Å². The molecule has 1 atom stereocenters. The van der Waals surface area contributed by atoms with Crippen molar-refractivity contribution < 1.29 is 12.8 Å². The first-order valence-electron chi connectivity index (χ1n) is 9.95. The van der Waals surface area contributed by atoms with Crippen LogP contribution in [0.3, 0.4) is 0 Å². The van der Waals surface area contributed by atoms with Crippen LogP contribution in [0.5, 0.6) is 0 Å². The van der Waals surface area contributed by atoms with Gasteiger partial charge >= 0.3 is 5.76 Å². The predicted octanol–water partition coefficient (Wildman–Crippen LogP) is 3.21. The number of fused-ring (bicyclic) bond motifs is 1. The first-order valence-corrected chi connectivity index (χ1v) is 11.4. The van der Waals surface area contributed by atoms with E-state index in [9.17, 15) is 13.2 Å². The van der Waals surface area contributed by atoms with E-state index in [1.54, 1.807) is 21.1 Å². The Morgan fingerprint density at radius 3 is 2.66 bits per heavy atom. The molecule has 9 heteroatoms. The molecule has 1 unspecified atom stereocenters. The molecule has 1 aliphatic heterocycles. The fourth-order valence-corrected chi connectivity index (χ4v) is 5.76. The summed E-state index contributed by atoms with van der Waals surface area (Å²) in [6.45, 7) is 4.21. The summed E-state index contributed by atoms with van der Waals surface area (Å²) in [5.74, 6) is -0.481. The lowest BCUT2D eigenvalue weighted by Crippen LogP contribution is -2.35. The summed E-state index contributed by atoms with van der Waals surface area (Å²) in [6.07, 6.45) is 5.32. The molecule has 8 nitrogen and oxygen atoms in total. The van der Waals surface area contributed by atoms with Crippen LogP contribution < -0.4 is 5.76 Å². The number of benzene rings is 1. The van der Waals surface area contributed by atoms with E-state index >= 15 is 0 Å². The van der Waals surface area contributed by atoms with Crippen LogP contribution in [0.25, 0.3) is 11.1 Å². The second kappa shape index (κ2) is 7.46. The molecule has 0 bridgehead atoms. The minimum Gasteiger partial charge on any atom is -0.408 e. The average molecular weight is 419 g/mol. The van der Waals surface area contributed by atoms with Gasteiger partial charge in [0.2, 0.25) is 10.0 Å². The second-order valence-electron chi connectivity index (χ2n) is 7.86. The van der Waals surface area contributed by atoms with Crippen molar-refractivity contribution in [2.75, 3.05) is 6.54 Å². The van der Waals surface area contributed by atoms with Gasteiger partial charge in [0.05, 0.1) is 22.1 Å². The Bertz CT molecular complexity index is 1190. The van der Waals surface area contributed by atoms with Gasteiger partial charge in [0.1, 0.15) is 0 Å². The van der Waals surface area contributed by atoms with Gasteiger partial charge in [0.15, 0.2) is 5.58 Å². The fourth-order valence-electron chi connectivity index (χ4n) is 4.08. The minimum atomic E-state index is -3.78. The molecule has 29 heavy (non-hydrogen) atoms. The van der Waals surface area contributed by atoms with Crippen LogP contribution >= 0.6 is 0 Å². The molecular formula is C20H26N4O4S. The third kappa shape index (κ3) is 3.53. The third-order valence-corrected chi connectivity index (χ3v) is 7.39. The zero-order valence-electron chi connectivity index (χ0n) is 16.9. The molecule has 1 aliphatic rings. The van der Waals surface area contributed by atoms with E-state index in [-0.39, 0.29) is 22.6 Å². The van der Waals surface area contributed by atoms with Crippen molar-refractivity contribution in [2.45, 2.75) is 56.5 Å². The maximum Gasteiger partial charge on any atom is 0.420 e. The smallest absolute Gasteiger partial charge is 0.408 e. The van der Waals surface area contributed by atoms with E-state index in [2.05, 4.69) is 5.10 Å². The number of nitrogens with zero attached hydrogens (tertiary/aromatic N) is 4. The van der Waals surface area contributed by atoms with Gasteiger partial charge in [-0.05, 0) is 44.9 Å². The zero-order chi connectivity index (χ0) is 20.8. The van der Waals surface area contributed by atoms with Crippen LogP contribution in [-0.4, -0.2) is 33.6 Å². The standard InChI is InChI=1S/C20H26N4O4S/c1-14(2)24-18-9-8-15(13-19(18)28-20(24)25)29(26,27)23-11-6-4-5-7-17(23)16-10-12-22(3)21-16/h8-10,12-14,17H,4-7,11H2,1-3H3. The van der Waals surface area contributed by atoms with Crippen LogP contribution in [0.2, 0.25) is 0 Å². The average Bonchev–Trinajstić information content (AvgIpc) is 3.13. The summed E-state index contributed by atoms with van der Waals surface area (Å²) in [7, 11) is -1.95. The van der Waals surface area contributed by atoms with Gasteiger partial charge in [-0.3, -0.25) is 9.25 Å². The summed E-state index contributed by atoms with van der Waals surface area (Å²) in [6, 6.07) is 6.18. The maximum atomic E-state index is 13.6. The second-order valence-corrected chi connectivity index (χ2v) is 9.75. The number of hydrogen-bond acceptors (Lipinski definition) is 5. The highest BCUT2D eigenvalue weighted by atomic mass is 32.2. The molecular weight excluding hydrogens is 392 g/mol. The molecule has 1 aromatic carbocycles. The van der Waals surface area contributed by atoms with Gasteiger partial charge in [0, 0.05) is 31.9 Å². The number of sulfonamides is 1. The maximum absolute atomic E-state index is 13.6. The summed E-state index contributed by atoms with van der Waals surface area (Å²) in [5, 5.41) is 4.47. The van der Waals surface area contributed by atoms with Crippen molar-refractivity contribution >= 4 is 21.1 Å². The summed E-state index contributed by atoms with van der Waals surface area (Å²) in [4.78, 5) is 12.3. The molecule has 0 N–H and O–H groups in total. The van der Waals surface area contributed by atoms with E-state index in [1.165, 1.54) is 10.6 Å². The lowest BCUT2D eigenvalue weighted by molar-refractivity contribution is 0.321. The van der Waals surface area contributed by atoms with Crippen LogP contribution in [0, 0.1) is 0 Å². The van der Waals surface area contributed by atoms with E-state index in [0.717, 1.165) is 31.4 Å². The van der Waals surface area contributed by atoms with Crippen molar-refractivity contribution in [1.82, 2.24) is 18.7 Å². The Labute approximate surface area is 169 Å². The molecule has 156 valence electrons. The van der Waals surface area contributed by atoms with E-state index in [0.29, 0.717) is 12.1 Å². The Hall–Kier alpha value is -2.39. The predicted molar refractivity (Wildman–Crippen MR) is 109 cm³/mol. The number of aromatic nitrogens is 3. The quantitative estimate of drug-likeness (QED) is 0.649. The molecule has 1 saturated heterocycles. The molecule has 1 fully saturated rings. The van der Waals surface area contributed by atoms with Crippen molar-refractivity contribution in [1.29, 1.82) is 0 Å². The lowest BCUT2D eigenvalue weighted by atomic mass is 10.1. The third-order valence-electron chi connectivity index (χ3n) is 5.49. The topological polar surface area (TPSA) is 90.3 Å².